The van der Waals surface area contributed by atoms with Crippen molar-refractivity contribution < 1.29 is 19.1 Å². The standard InChI is InChI=1S/C14H26N2O4/c1-8(2)6-10(15)12(18)9(7-17)11(16)13(19)20-14(3,4)5/h7-11H,6,15-16H2,1-5H3. The van der Waals surface area contributed by atoms with Gasteiger partial charge in [0.25, 0.3) is 0 Å². The summed E-state index contributed by atoms with van der Waals surface area (Å²) in [5, 5.41) is 0. The van der Waals surface area contributed by atoms with Crippen LogP contribution in [0.4, 0.5) is 0 Å². The molecule has 0 spiro atoms. The largest absolute Gasteiger partial charge is 0.459 e. The second kappa shape index (κ2) is 7.50. The predicted octanol–water partition coefficient (Wildman–Crippen LogP) is 0.413. The average molecular weight is 286 g/mol. The van der Waals surface area contributed by atoms with Crippen LogP contribution in [0, 0.1) is 11.8 Å². The Bertz CT molecular complexity index is 361. The highest BCUT2D eigenvalue weighted by Gasteiger charge is 2.35. The summed E-state index contributed by atoms with van der Waals surface area (Å²) in [6, 6.07) is -2.13. The van der Waals surface area contributed by atoms with E-state index in [1.165, 1.54) is 0 Å². The van der Waals surface area contributed by atoms with Crippen LogP contribution in [0.2, 0.25) is 0 Å². The number of esters is 1. The van der Waals surface area contributed by atoms with E-state index in [0.717, 1.165) is 0 Å². The Hall–Kier alpha value is -1.27. The van der Waals surface area contributed by atoms with Crippen molar-refractivity contribution in [3.05, 3.63) is 0 Å². The van der Waals surface area contributed by atoms with Crippen LogP contribution in [-0.4, -0.2) is 35.7 Å². The molecule has 0 bridgehead atoms. The Morgan fingerprint density at radius 1 is 1.20 bits per heavy atom. The van der Waals surface area contributed by atoms with E-state index in [0.29, 0.717) is 12.7 Å². The van der Waals surface area contributed by atoms with Gasteiger partial charge < -0.3 is 21.0 Å². The third-order valence-corrected chi connectivity index (χ3v) is 2.63. The van der Waals surface area contributed by atoms with Crippen LogP contribution in [-0.2, 0) is 19.1 Å². The van der Waals surface area contributed by atoms with Gasteiger partial charge >= 0.3 is 5.97 Å². The molecule has 0 heterocycles. The van der Waals surface area contributed by atoms with Gasteiger partial charge in [-0.25, -0.2) is 0 Å². The molecule has 0 aliphatic rings. The summed E-state index contributed by atoms with van der Waals surface area (Å²) in [7, 11) is 0. The minimum atomic E-state index is -1.32. The number of hydrogen-bond acceptors (Lipinski definition) is 6. The molecular weight excluding hydrogens is 260 g/mol. The van der Waals surface area contributed by atoms with Gasteiger partial charge in [-0.3, -0.25) is 9.59 Å². The molecule has 6 heteroatoms. The zero-order valence-corrected chi connectivity index (χ0v) is 12.9. The summed E-state index contributed by atoms with van der Waals surface area (Å²) in [6.07, 6.45) is 0.807. The number of ether oxygens (including phenoxy) is 1. The van der Waals surface area contributed by atoms with Crippen LogP contribution >= 0.6 is 0 Å². The van der Waals surface area contributed by atoms with E-state index in [4.69, 9.17) is 16.2 Å². The molecule has 0 radical (unpaired) electrons. The Morgan fingerprint density at radius 2 is 1.70 bits per heavy atom. The van der Waals surface area contributed by atoms with Crippen LogP contribution in [0.25, 0.3) is 0 Å². The molecule has 3 atom stereocenters. The van der Waals surface area contributed by atoms with Gasteiger partial charge in [0.1, 0.15) is 23.8 Å². The highest BCUT2D eigenvalue weighted by atomic mass is 16.6. The van der Waals surface area contributed by atoms with Gasteiger partial charge in [-0.2, -0.15) is 0 Å². The normalized spacial score (nSPS) is 16.4. The summed E-state index contributed by atoms with van der Waals surface area (Å²) >= 11 is 0. The minimum Gasteiger partial charge on any atom is -0.459 e. The third-order valence-electron chi connectivity index (χ3n) is 2.63. The van der Waals surface area contributed by atoms with Crippen molar-refractivity contribution in [2.75, 3.05) is 0 Å². The fourth-order valence-corrected chi connectivity index (χ4v) is 1.72. The van der Waals surface area contributed by atoms with Crippen molar-refractivity contribution in [2.45, 2.75) is 58.7 Å². The Balaban J connectivity index is 4.86. The van der Waals surface area contributed by atoms with Gasteiger partial charge in [-0.1, -0.05) is 13.8 Å². The lowest BCUT2D eigenvalue weighted by Crippen LogP contribution is -2.50. The average Bonchev–Trinajstić information content (AvgIpc) is 2.26. The summed E-state index contributed by atoms with van der Waals surface area (Å²) < 4.78 is 5.08. The number of ketones is 1. The zero-order chi connectivity index (χ0) is 16.1. The number of nitrogens with two attached hydrogens (primary N) is 2. The van der Waals surface area contributed by atoms with E-state index in [1.54, 1.807) is 20.8 Å². The van der Waals surface area contributed by atoms with E-state index in [9.17, 15) is 14.4 Å². The maximum absolute atomic E-state index is 12.1. The first-order valence-electron chi connectivity index (χ1n) is 6.72. The molecule has 116 valence electrons. The molecule has 4 N–H and O–H groups in total. The van der Waals surface area contributed by atoms with E-state index >= 15 is 0 Å². The van der Waals surface area contributed by atoms with E-state index in [1.807, 2.05) is 13.8 Å². The third kappa shape index (κ3) is 6.25. The molecule has 0 aromatic heterocycles. The van der Waals surface area contributed by atoms with Gasteiger partial charge in [0.2, 0.25) is 0 Å². The van der Waals surface area contributed by atoms with Crippen LogP contribution in [0.3, 0.4) is 0 Å². The molecule has 0 aliphatic heterocycles. The zero-order valence-electron chi connectivity index (χ0n) is 12.9. The first-order valence-corrected chi connectivity index (χ1v) is 6.72. The SMILES string of the molecule is CC(C)CC(N)C(=O)C(C=O)C(N)C(=O)OC(C)(C)C. The van der Waals surface area contributed by atoms with Gasteiger partial charge in [0.05, 0.1) is 6.04 Å². The quantitative estimate of drug-likeness (QED) is 0.398. The molecule has 0 aliphatic carbocycles. The molecule has 20 heavy (non-hydrogen) atoms. The fourth-order valence-electron chi connectivity index (χ4n) is 1.72. The topological polar surface area (TPSA) is 112 Å². The molecule has 0 aromatic carbocycles. The van der Waals surface area contributed by atoms with Crippen molar-refractivity contribution >= 4 is 18.0 Å². The van der Waals surface area contributed by atoms with Crippen molar-refractivity contribution in [1.29, 1.82) is 0 Å². The smallest absolute Gasteiger partial charge is 0.324 e. The number of Topliss-reactive ketones (excluding diaryl/α,β-unsaturated/α-hetero) is 1. The molecule has 3 unspecified atom stereocenters. The molecule has 0 rings (SSSR count). The molecule has 0 amide bonds. The number of carbonyl (C=O) groups is 3. The van der Waals surface area contributed by atoms with Crippen molar-refractivity contribution in [1.82, 2.24) is 0 Å². The lowest BCUT2D eigenvalue weighted by molar-refractivity contribution is -0.160. The molecule has 0 aromatic rings. The number of hydrogen-bond donors (Lipinski definition) is 2. The summed E-state index contributed by atoms with van der Waals surface area (Å²) in [5.41, 5.74) is 10.7. The maximum Gasteiger partial charge on any atom is 0.324 e. The predicted molar refractivity (Wildman–Crippen MR) is 75.8 cm³/mol. The van der Waals surface area contributed by atoms with Crippen molar-refractivity contribution in [3.8, 4) is 0 Å². The second-order valence-corrected chi connectivity index (χ2v) is 6.36. The maximum atomic E-state index is 12.1. The van der Waals surface area contributed by atoms with Crippen LogP contribution in [0.1, 0.15) is 41.0 Å². The number of rotatable bonds is 7. The monoisotopic (exact) mass is 286 g/mol. The fraction of sp³-hybridized carbons (Fsp3) is 0.786. The Morgan fingerprint density at radius 3 is 2.05 bits per heavy atom. The molecule has 6 nitrogen and oxygen atoms in total. The van der Waals surface area contributed by atoms with Gasteiger partial charge in [-0.05, 0) is 33.1 Å². The summed E-state index contributed by atoms with van der Waals surface area (Å²) in [5.74, 6) is -2.36. The van der Waals surface area contributed by atoms with Gasteiger partial charge in [0, 0.05) is 0 Å². The van der Waals surface area contributed by atoms with E-state index in [-0.39, 0.29) is 5.92 Å². The minimum absolute atomic E-state index is 0.207. The molecule has 0 saturated heterocycles. The highest BCUT2D eigenvalue weighted by Crippen LogP contribution is 2.14. The first kappa shape index (κ1) is 18.7. The van der Waals surface area contributed by atoms with E-state index in [2.05, 4.69) is 0 Å². The molecule has 0 saturated carbocycles. The van der Waals surface area contributed by atoms with Crippen molar-refractivity contribution in [2.24, 2.45) is 23.3 Å². The Labute approximate surface area is 120 Å². The lowest BCUT2D eigenvalue weighted by atomic mass is 9.89. The van der Waals surface area contributed by atoms with Gasteiger partial charge in [-0.15, -0.1) is 0 Å². The van der Waals surface area contributed by atoms with Crippen LogP contribution < -0.4 is 11.5 Å². The van der Waals surface area contributed by atoms with E-state index < -0.39 is 35.4 Å². The summed E-state index contributed by atoms with van der Waals surface area (Å²) in [4.78, 5) is 35.0. The Kier molecular flexibility index (Phi) is 7.02. The second-order valence-electron chi connectivity index (χ2n) is 6.36. The molecule has 0 fully saturated rings. The number of aldehydes is 1. The highest BCUT2D eigenvalue weighted by molar-refractivity contribution is 6.01. The number of carbonyl (C=O) groups excluding carboxylic acids is 3. The van der Waals surface area contributed by atoms with Gasteiger partial charge in [0.15, 0.2) is 5.78 Å². The molecular formula is C14H26N2O4. The summed E-state index contributed by atoms with van der Waals surface area (Å²) in [6.45, 7) is 8.87. The van der Waals surface area contributed by atoms with Crippen molar-refractivity contribution in [3.63, 3.8) is 0 Å². The lowest BCUT2D eigenvalue weighted by Gasteiger charge is -2.25. The van der Waals surface area contributed by atoms with Crippen LogP contribution in [0.5, 0.6) is 0 Å². The van der Waals surface area contributed by atoms with Crippen LogP contribution in [0.15, 0.2) is 0 Å². The first-order chi connectivity index (χ1) is 8.99.